The average molecular weight is 202 g/mol. The molecule has 4 heteroatoms. The monoisotopic (exact) mass is 202 g/mol. The van der Waals surface area contributed by atoms with Gasteiger partial charge in [0.05, 0.1) is 17.4 Å². The molecule has 0 radical (unpaired) electrons. The van der Waals surface area contributed by atoms with E-state index in [-0.39, 0.29) is 0 Å². The van der Waals surface area contributed by atoms with E-state index in [9.17, 15) is 4.79 Å². The summed E-state index contributed by atoms with van der Waals surface area (Å²) in [4.78, 5) is 17.7. The first kappa shape index (κ1) is 9.45. The van der Waals surface area contributed by atoms with Gasteiger partial charge in [0.2, 0.25) is 0 Å². The third-order valence-corrected chi connectivity index (χ3v) is 2.16. The fourth-order valence-corrected chi connectivity index (χ4v) is 1.35. The molecule has 4 nitrogen and oxygen atoms in total. The number of nitrogens with zero attached hydrogens (tertiary/aromatic N) is 1. The molecular weight excluding hydrogens is 192 g/mol. The molecule has 0 saturated heterocycles. The van der Waals surface area contributed by atoms with Gasteiger partial charge in [-0.3, -0.25) is 0 Å². The van der Waals surface area contributed by atoms with Gasteiger partial charge < -0.3 is 10.1 Å². The van der Waals surface area contributed by atoms with Gasteiger partial charge in [-0.25, -0.2) is 9.78 Å². The van der Waals surface area contributed by atoms with Crippen molar-refractivity contribution >= 4 is 23.1 Å². The van der Waals surface area contributed by atoms with E-state index in [1.54, 1.807) is 19.3 Å². The predicted octanol–water partition coefficient (Wildman–Crippen LogP) is 2.05. The molecule has 0 aliphatic heterocycles. The number of H-pyrrole nitrogens is 1. The van der Waals surface area contributed by atoms with Crippen molar-refractivity contribution in [2.75, 3.05) is 0 Å². The number of imidazole rings is 1. The Hall–Kier alpha value is -2.10. The van der Waals surface area contributed by atoms with Crippen molar-refractivity contribution in [1.29, 1.82) is 0 Å². The van der Waals surface area contributed by atoms with E-state index in [2.05, 4.69) is 9.97 Å². The van der Waals surface area contributed by atoms with Crippen LogP contribution >= 0.6 is 0 Å². The van der Waals surface area contributed by atoms with E-state index in [4.69, 9.17) is 5.11 Å². The minimum Gasteiger partial charge on any atom is -0.478 e. The van der Waals surface area contributed by atoms with Crippen molar-refractivity contribution in [3.8, 4) is 0 Å². The van der Waals surface area contributed by atoms with Gasteiger partial charge in [-0.05, 0) is 30.7 Å². The number of hydrogen-bond acceptors (Lipinski definition) is 2. The first-order chi connectivity index (χ1) is 7.16. The lowest BCUT2D eigenvalue weighted by Crippen LogP contribution is -1.95. The number of rotatable bonds is 2. The summed E-state index contributed by atoms with van der Waals surface area (Å²) in [7, 11) is 0. The number of carbonyl (C=O) groups is 1. The molecule has 2 rings (SSSR count). The summed E-state index contributed by atoms with van der Waals surface area (Å²) < 4.78 is 0. The van der Waals surface area contributed by atoms with Crippen LogP contribution in [0.15, 0.2) is 30.1 Å². The molecule has 0 atom stereocenters. The minimum absolute atomic E-state index is 0.314. The quantitative estimate of drug-likeness (QED) is 0.732. The van der Waals surface area contributed by atoms with Crippen LogP contribution in [-0.2, 0) is 4.79 Å². The highest BCUT2D eigenvalue weighted by Crippen LogP contribution is 2.14. The highest BCUT2D eigenvalue weighted by atomic mass is 16.4. The molecule has 0 amide bonds. The average Bonchev–Trinajstić information content (AvgIpc) is 2.64. The number of benzene rings is 1. The lowest BCUT2D eigenvalue weighted by atomic mass is 10.1. The second-order valence-corrected chi connectivity index (χ2v) is 3.31. The van der Waals surface area contributed by atoms with Gasteiger partial charge in [0, 0.05) is 5.57 Å². The van der Waals surface area contributed by atoms with Gasteiger partial charge in [-0.15, -0.1) is 0 Å². The molecular formula is C11H10N2O2. The van der Waals surface area contributed by atoms with E-state index >= 15 is 0 Å². The van der Waals surface area contributed by atoms with Gasteiger partial charge in [-0.2, -0.15) is 0 Å². The Bertz CT molecular complexity index is 540. The van der Waals surface area contributed by atoms with Crippen molar-refractivity contribution in [2.45, 2.75) is 6.92 Å². The van der Waals surface area contributed by atoms with Crippen LogP contribution in [0.5, 0.6) is 0 Å². The largest absolute Gasteiger partial charge is 0.478 e. The highest BCUT2D eigenvalue weighted by molar-refractivity contribution is 5.92. The number of carboxylic acid groups (broad SMARTS) is 1. The van der Waals surface area contributed by atoms with Gasteiger partial charge in [0.15, 0.2) is 0 Å². The third kappa shape index (κ3) is 1.88. The smallest absolute Gasteiger partial charge is 0.331 e. The zero-order chi connectivity index (χ0) is 10.8. The fourth-order valence-electron chi connectivity index (χ4n) is 1.35. The zero-order valence-corrected chi connectivity index (χ0v) is 8.19. The normalized spacial score (nSPS) is 11.9. The summed E-state index contributed by atoms with van der Waals surface area (Å²) in [5.74, 6) is -0.903. The molecule has 0 spiro atoms. The number of aromatic nitrogens is 2. The first-order valence-corrected chi connectivity index (χ1v) is 4.51. The Labute approximate surface area is 86.3 Å². The van der Waals surface area contributed by atoms with E-state index < -0.39 is 5.97 Å². The van der Waals surface area contributed by atoms with Crippen LogP contribution in [-0.4, -0.2) is 21.0 Å². The molecule has 2 N–H and O–H groups in total. The number of nitrogens with one attached hydrogen (secondary N) is 1. The maximum absolute atomic E-state index is 10.6. The van der Waals surface area contributed by atoms with Crippen LogP contribution < -0.4 is 0 Å². The summed E-state index contributed by atoms with van der Waals surface area (Å²) in [5.41, 5.74) is 2.95. The standard InChI is InChI=1S/C11H10N2O2/c1-7(11(14)15)4-8-2-3-9-10(5-8)13-6-12-9/h2-6H,1H3,(H,12,13)(H,14,15)/b7-4+. The predicted molar refractivity (Wildman–Crippen MR) is 57.4 cm³/mol. The van der Waals surface area contributed by atoms with Crippen molar-refractivity contribution in [2.24, 2.45) is 0 Å². The number of carboxylic acids is 1. The van der Waals surface area contributed by atoms with E-state index in [0.29, 0.717) is 5.57 Å². The van der Waals surface area contributed by atoms with Crippen molar-refractivity contribution in [1.82, 2.24) is 9.97 Å². The zero-order valence-electron chi connectivity index (χ0n) is 8.19. The third-order valence-electron chi connectivity index (χ3n) is 2.16. The minimum atomic E-state index is -0.903. The van der Waals surface area contributed by atoms with E-state index in [1.807, 2.05) is 18.2 Å². The Kier molecular flexibility index (Phi) is 2.25. The Morgan fingerprint density at radius 2 is 2.33 bits per heavy atom. The van der Waals surface area contributed by atoms with Gasteiger partial charge in [-0.1, -0.05) is 6.07 Å². The summed E-state index contributed by atoms with van der Waals surface area (Å²) in [6.07, 6.45) is 3.24. The van der Waals surface area contributed by atoms with Crippen LogP contribution in [0.1, 0.15) is 12.5 Å². The molecule has 1 aromatic carbocycles. The summed E-state index contributed by atoms with van der Waals surface area (Å²) in [6, 6.07) is 5.57. The molecule has 1 aromatic heterocycles. The molecule has 0 fully saturated rings. The molecule has 0 aliphatic rings. The van der Waals surface area contributed by atoms with E-state index in [1.165, 1.54) is 0 Å². The number of aromatic amines is 1. The first-order valence-electron chi connectivity index (χ1n) is 4.51. The van der Waals surface area contributed by atoms with Gasteiger partial charge in [0.1, 0.15) is 0 Å². The van der Waals surface area contributed by atoms with Crippen LogP contribution in [0.2, 0.25) is 0 Å². The number of fused-ring (bicyclic) bond motifs is 1. The van der Waals surface area contributed by atoms with Gasteiger partial charge >= 0.3 is 5.97 Å². The number of aliphatic carboxylic acids is 1. The highest BCUT2D eigenvalue weighted by Gasteiger charge is 2.01. The maximum atomic E-state index is 10.6. The summed E-state index contributed by atoms with van der Waals surface area (Å²) in [6.45, 7) is 1.57. The lowest BCUT2D eigenvalue weighted by Gasteiger charge is -1.95. The molecule has 0 bridgehead atoms. The van der Waals surface area contributed by atoms with Crippen LogP contribution in [0.4, 0.5) is 0 Å². The lowest BCUT2D eigenvalue weighted by molar-refractivity contribution is -0.132. The topological polar surface area (TPSA) is 66.0 Å². The van der Waals surface area contributed by atoms with Crippen LogP contribution in [0.3, 0.4) is 0 Å². The Morgan fingerprint density at radius 3 is 3.07 bits per heavy atom. The van der Waals surface area contributed by atoms with Crippen LogP contribution in [0, 0.1) is 0 Å². The van der Waals surface area contributed by atoms with E-state index in [0.717, 1.165) is 16.6 Å². The SMILES string of the molecule is C/C(=C\c1ccc2nc[nH]c2c1)C(=O)O. The molecule has 0 unspecified atom stereocenters. The van der Waals surface area contributed by atoms with Crippen LogP contribution in [0.25, 0.3) is 17.1 Å². The molecule has 2 aromatic rings. The summed E-state index contributed by atoms with van der Waals surface area (Å²) in [5, 5.41) is 8.73. The Morgan fingerprint density at radius 1 is 1.53 bits per heavy atom. The second kappa shape index (κ2) is 3.57. The Balaban J connectivity index is 2.44. The molecule has 76 valence electrons. The van der Waals surface area contributed by atoms with Crippen molar-refractivity contribution in [3.05, 3.63) is 35.7 Å². The molecule has 15 heavy (non-hydrogen) atoms. The maximum Gasteiger partial charge on any atom is 0.331 e. The molecule has 0 saturated carbocycles. The van der Waals surface area contributed by atoms with Crippen molar-refractivity contribution < 1.29 is 9.90 Å². The van der Waals surface area contributed by atoms with Crippen molar-refractivity contribution in [3.63, 3.8) is 0 Å². The molecule has 0 aliphatic carbocycles. The fraction of sp³-hybridized carbons (Fsp3) is 0.0909. The number of hydrogen-bond donors (Lipinski definition) is 2. The second-order valence-electron chi connectivity index (χ2n) is 3.31. The summed E-state index contributed by atoms with van der Waals surface area (Å²) >= 11 is 0. The van der Waals surface area contributed by atoms with Gasteiger partial charge in [0.25, 0.3) is 0 Å². The molecule has 1 heterocycles.